The summed E-state index contributed by atoms with van der Waals surface area (Å²) in [6.45, 7) is 9.21. The third-order valence-electron chi connectivity index (χ3n) is 4.50. The number of aliphatic hydroxyl groups is 1. The third kappa shape index (κ3) is 2.94. The third-order valence-corrected chi connectivity index (χ3v) is 4.50. The molecule has 2 heteroatoms. The van der Waals surface area contributed by atoms with Crippen molar-refractivity contribution in [2.24, 2.45) is 11.3 Å². The van der Waals surface area contributed by atoms with Crippen LogP contribution in [0.4, 0.5) is 0 Å². The first-order chi connectivity index (χ1) is 8.95. The molecule has 0 bridgehead atoms. The minimum absolute atomic E-state index is 0.215. The molecule has 0 aromatic heterocycles. The molecule has 1 aliphatic carbocycles. The van der Waals surface area contributed by atoms with Gasteiger partial charge in [-0.2, -0.15) is 0 Å². The summed E-state index contributed by atoms with van der Waals surface area (Å²) in [5.41, 5.74) is 2.35. The highest BCUT2D eigenvalue weighted by Crippen LogP contribution is 2.49. The molecule has 1 saturated carbocycles. The maximum atomic E-state index is 10.8. The maximum absolute atomic E-state index is 10.8. The van der Waals surface area contributed by atoms with E-state index >= 15 is 0 Å². The molecule has 2 nitrogen and oxygen atoms in total. The minimum atomic E-state index is -0.418. The van der Waals surface area contributed by atoms with Gasteiger partial charge >= 0.3 is 0 Å². The molecule has 0 amide bonds. The van der Waals surface area contributed by atoms with E-state index in [9.17, 15) is 5.11 Å². The minimum Gasteiger partial charge on any atom is -0.493 e. The fraction of sp³-hybridized carbons (Fsp3) is 0.647. The normalized spacial score (nSPS) is 23.3. The predicted octanol–water partition coefficient (Wildman–Crippen LogP) is 4.25. The molecule has 1 N–H and O–H groups in total. The molecule has 1 aromatic carbocycles. The quantitative estimate of drug-likeness (QED) is 0.878. The van der Waals surface area contributed by atoms with Crippen molar-refractivity contribution in [3.05, 3.63) is 29.3 Å². The summed E-state index contributed by atoms with van der Waals surface area (Å²) >= 11 is 0. The largest absolute Gasteiger partial charge is 0.493 e. The Kier molecular flexibility index (Phi) is 4.19. The van der Waals surface area contributed by atoms with Crippen LogP contribution in [0.3, 0.4) is 0 Å². The summed E-state index contributed by atoms with van der Waals surface area (Å²) in [6.07, 6.45) is 3.10. The highest BCUT2D eigenvalue weighted by molar-refractivity contribution is 5.39. The van der Waals surface area contributed by atoms with E-state index in [1.807, 2.05) is 19.1 Å². The lowest BCUT2D eigenvalue weighted by atomic mass is 9.76. The number of hydrogen-bond donors (Lipinski definition) is 1. The van der Waals surface area contributed by atoms with E-state index in [1.165, 1.54) is 18.4 Å². The molecule has 1 aromatic rings. The summed E-state index contributed by atoms with van der Waals surface area (Å²) in [6, 6.07) is 6.10. The van der Waals surface area contributed by atoms with E-state index in [2.05, 4.69) is 26.8 Å². The fourth-order valence-corrected chi connectivity index (χ4v) is 3.34. The lowest BCUT2D eigenvalue weighted by Crippen LogP contribution is -2.24. The zero-order chi connectivity index (χ0) is 14.0. The van der Waals surface area contributed by atoms with Crippen molar-refractivity contribution in [1.82, 2.24) is 0 Å². The van der Waals surface area contributed by atoms with Crippen LogP contribution in [0, 0.1) is 18.3 Å². The highest BCUT2D eigenvalue weighted by atomic mass is 16.5. The molecule has 0 aliphatic heterocycles. The molecule has 2 atom stereocenters. The molecule has 0 saturated heterocycles. The molecular formula is C17H26O2. The van der Waals surface area contributed by atoms with E-state index in [1.54, 1.807) is 0 Å². The van der Waals surface area contributed by atoms with Crippen LogP contribution in [0.2, 0.25) is 0 Å². The molecule has 0 spiro atoms. The van der Waals surface area contributed by atoms with Crippen molar-refractivity contribution in [2.75, 3.05) is 6.61 Å². The van der Waals surface area contributed by atoms with Crippen LogP contribution in [0.15, 0.2) is 18.2 Å². The second kappa shape index (κ2) is 5.54. The Morgan fingerprint density at radius 2 is 2.16 bits per heavy atom. The van der Waals surface area contributed by atoms with E-state index in [4.69, 9.17) is 4.74 Å². The van der Waals surface area contributed by atoms with Crippen LogP contribution in [0.25, 0.3) is 0 Å². The van der Waals surface area contributed by atoms with Gasteiger partial charge < -0.3 is 9.84 Å². The fourth-order valence-electron chi connectivity index (χ4n) is 3.34. The van der Waals surface area contributed by atoms with E-state index in [-0.39, 0.29) is 5.41 Å². The van der Waals surface area contributed by atoms with Gasteiger partial charge in [-0.1, -0.05) is 31.9 Å². The van der Waals surface area contributed by atoms with Crippen molar-refractivity contribution in [3.8, 4) is 5.75 Å². The van der Waals surface area contributed by atoms with Crippen LogP contribution in [-0.4, -0.2) is 11.7 Å². The van der Waals surface area contributed by atoms with E-state index < -0.39 is 6.10 Å². The van der Waals surface area contributed by atoms with Crippen LogP contribution >= 0.6 is 0 Å². The summed E-state index contributed by atoms with van der Waals surface area (Å²) in [5.74, 6) is 1.16. The number of rotatable bonds is 4. The van der Waals surface area contributed by atoms with Gasteiger partial charge in [0.2, 0.25) is 0 Å². The Hall–Kier alpha value is -1.02. The van der Waals surface area contributed by atoms with E-state index in [0.29, 0.717) is 12.5 Å². The van der Waals surface area contributed by atoms with E-state index in [0.717, 1.165) is 17.7 Å². The Morgan fingerprint density at radius 1 is 1.42 bits per heavy atom. The SMILES string of the molecule is CCOc1ccc(C)cc1C(O)C1CCCC1(C)C. The predicted molar refractivity (Wildman–Crippen MR) is 78.4 cm³/mol. The highest BCUT2D eigenvalue weighted by Gasteiger charge is 2.40. The zero-order valence-electron chi connectivity index (χ0n) is 12.6. The van der Waals surface area contributed by atoms with Gasteiger partial charge in [0, 0.05) is 5.56 Å². The average Bonchev–Trinajstić information content (AvgIpc) is 2.70. The van der Waals surface area contributed by atoms with Gasteiger partial charge in [0.25, 0.3) is 0 Å². The standard InChI is InChI=1S/C17H26O2/c1-5-19-15-9-8-12(2)11-13(15)16(18)14-7-6-10-17(14,3)4/h8-9,11,14,16,18H,5-7,10H2,1-4H3. The van der Waals surface area contributed by atoms with Gasteiger partial charge in [-0.05, 0) is 50.2 Å². The first-order valence-electron chi connectivity index (χ1n) is 7.37. The first-order valence-corrected chi connectivity index (χ1v) is 7.37. The molecule has 1 fully saturated rings. The second-order valence-electron chi connectivity index (χ2n) is 6.41. The lowest BCUT2D eigenvalue weighted by Gasteiger charge is -2.32. The Balaban J connectivity index is 2.32. The van der Waals surface area contributed by atoms with Gasteiger partial charge in [-0.25, -0.2) is 0 Å². The Morgan fingerprint density at radius 3 is 2.74 bits per heavy atom. The lowest BCUT2D eigenvalue weighted by molar-refractivity contribution is 0.0509. The summed E-state index contributed by atoms with van der Waals surface area (Å²) in [4.78, 5) is 0. The van der Waals surface area contributed by atoms with Crippen LogP contribution in [0.1, 0.15) is 57.3 Å². The molecule has 106 valence electrons. The molecule has 19 heavy (non-hydrogen) atoms. The number of aryl methyl sites for hydroxylation is 1. The molecular weight excluding hydrogens is 236 g/mol. The molecule has 2 rings (SSSR count). The Labute approximate surface area is 116 Å². The topological polar surface area (TPSA) is 29.5 Å². The Bertz CT molecular complexity index is 437. The van der Waals surface area contributed by atoms with Crippen LogP contribution < -0.4 is 4.74 Å². The average molecular weight is 262 g/mol. The van der Waals surface area contributed by atoms with Crippen LogP contribution in [-0.2, 0) is 0 Å². The zero-order valence-corrected chi connectivity index (χ0v) is 12.6. The van der Waals surface area contributed by atoms with Crippen molar-refractivity contribution in [2.45, 2.75) is 53.1 Å². The van der Waals surface area contributed by atoms with Crippen molar-refractivity contribution in [1.29, 1.82) is 0 Å². The molecule has 0 radical (unpaired) electrons. The van der Waals surface area contributed by atoms with Gasteiger partial charge in [-0.3, -0.25) is 0 Å². The first kappa shape index (κ1) is 14.4. The number of ether oxygens (including phenoxy) is 1. The van der Waals surface area contributed by atoms with Gasteiger partial charge in [0.05, 0.1) is 12.7 Å². The second-order valence-corrected chi connectivity index (χ2v) is 6.41. The molecule has 0 heterocycles. The summed E-state index contributed by atoms with van der Waals surface area (Å²) < 4.78 is 5.68. The summed E-state index contributed by atoms with van der Waals surface area (Å²) in [7, 11) is 0. The summed E-state index contributed by atoms with van der Waals surface area (Å²) in [5, 5.41) is 10.8. The number of aliphatic hydroxyl groups excluding tert-OH is 1. The molecule has 1 aliphatic rings. The van der Waals surface area contributed by atoms with Crippen molar-refractivity contribution < 1.29 is 9.84 Å². The smallest absolute Gasteiger partial charge is 0.125 e. The van der Waals surface area contributed by atoms with Crippen molar-refractivity contribution >= 4 is 0 Å². The van der Waals surface area contributed by atoms with Crippen LogP contribution in [0.5, 0.6) is 5.75 Å². The van der Waals surface area contributed by atoms with Gasteiger partial charge in [0.1, 0.15) is 5.75 Å². The molecule has 2 unspecified atom stereocenters. The van der Waals surface area contributed by atoms with Gasteiger partial charge in [0.15, 0.2) is 0 Å². The monoisotopic (exact) mass is 262 g/mol. The van der Waals surface area contributed by atoms with Gasteiger partial charge in [-0.15, -0.1) is 0 Å². The number of benzene rings is 1. The van der Waals surface area contributed by atoms with Crippen molar-refractivity contribution in [3.63, 3.8) is 0 Å². The number of hydrogen-bond acceptors (Lipinski definition) is 2. The maximum Gasteiger partial charge on any atom is 0.125 e.